The third-order valence-corrected chi connectivity index (χ3v) is 3.32. The van der Waals surface area contributed by atoms with Crippen molar-refractivity contribution >= 4 is 5.69 Å². The van der Waals surface area contributed by atoms with Crippen molar-refractivity contribution in [3.8, 4) is 5.75 Å². The maximum atomic E-state index is 10.5. The van der Waals surface area contributed by atoms with Gasteiger partial charge in [-0.2, -0.15) is 0 Å². The predicted molar refractivity (Wildman–Crippen MR) is 85.6 cm³/mol. The van der Waals surface area contributed by atoms with Gasteiger partial charge in [-0.25, -0.2) is 0 Å². The Hall–Kier alpha value is -2.10. The lowest BCUT2D eigenvalue weighted by Crippen LogP contribution is -1.95. The zero-order valence-electron chi connectivity index (χ0n) is 13.0. The van der Waals surface area contributed by atoms with Gasteiger partial charge in [0.2, 0.25) is 0 Å². The molecule has 0 aromatic heterocycles. The Kier molecular flexibility index (Phi) is 7.23. The van der Waals surface area contributed by atoms with Crippen molar-refractivity contribution in [1.82, 2.24) is 0 Å². The van der Waals surface area contributed by atoms with Gasteiger partial charge in [-0.1, -0.05) is 24.1 Å². The summed E-state index contributed by atoms with van der Waals surface area (Å²) >= 11 is 0. The normalized spacial score (nSPS) is 12.3. The zero-order valence-corrected chi connectivity index (χ0v) is 13.0. The molecular weight excluding hydrogens is 266 g/mol. The van der Waals surface area contributed by atoms with Crippen molar-refractivity contribution in [2.75, 3.05) is 6.61 Å². The van der Waals surface area contributed by atoms with Crippen molar-refractivity contribution in [2.24, 2.45) is 0 Å². The summed E-state index contributed by atoms with van der Waals surface area (Å²) in [6, 6.07) is 6.14. The minimum Gasteiger partial charge on any atom is -0.490 e. The van der Waals surface area contributed by atoms with Crippen molar-refractivity contribution in [1.29, 1.82) is 0 Å². The molecule has 0 saturated carbocycles. The van der Waals surface area contributed by atoms with Gasteiger partial charge in [0.15, 0.2) is 0 Å². The Morgan fingerprint density at radius 2 is 1.86 bits per heavy atom. The maximum Gasteiger partial charge on any atom is 0.269 e. The van der Waals surface area contributed by atoms with E-state index in [1.165, 1.54) is 23.3 Å². The average molecular weight is 289 g/mol. The van der Waals surface area contributed by atoms with Crippen LogP contribution in [0.2, 0.25) is 0 Å². The summed E-state index contributed by atoms with van der Waals surface area (Å²) in [5.41, 5.74) is 2.79. The van der Waals surface area contributed by atoms with Crippen LogP contribution in [0.25, 0.3) is 0 Å². The number of ether oxygens (including phenoxy) is 1. The first-order valence-corrected chi connectivity index (χ1v) is 7.21. The smallest absolute Gasteiger partial charge is 0.269 e. The molecule has 1 aromatic carbocycles. The number of benzene rings is 1. The van der Waals surface area contributed by atoms with Gasteiger partial charge in [0.1, 0.15) is 12.4 Å². The van der Waals surface area contributed by atoms with Gasteiger partial charge in [0.25, 0.3) is 5.69 Å². The molecule has 0 amide bonds. The second kappa shape index (κ2) is 8.95. The molecule has 0 N–H and O–H groups in total. The van der Waals surface area contributed by atoms with E-state index in [0.29, 0.717) is 12.4 Å². The van der Waals surface area contributed by atoms with E-state index in [-0.39, 0.29) is 5.69 Å². The Morgan fingerprint density at radius 3 is 2.43 bits per heavy atom. The number of nitro groups is 1. The molecule has 0 aliphatic carbocycles. The van der Waals surface area contributed by atoms with Gasteiger partial charge in [0.05, 0.1) is 4.92 Å². The molecule has 1 aromatic rings. The third kappa shape index (κ3) is 6.75. The minimum absolute atomic E-state index is 0.0761. The van der Waals surface area contributed by atoms with E-state index in [2.05, 4.69) is 32.9 Å². The second-order valence-corrected chi connectivity index (χ2v) is 5.06. The van der Waals surface area contributed by atoms with E-state index < -0.39 is 4.92 Å². The molecule has 0 atom stereocenters. The number of hydrogen-bond acceptors (Lipinski definition) is 3. The fourth-order valence-corrected chi connectivity index (χ4v) is 1.74. The van der Waals surface area contributed by atoms with Gasteiger partial charge in [0, 0.05) is 12.1 Å². The molecule has 0 bridgehead atoms. The third-order valence-electron chi connectivity index (χ3n) is 3.32. The molecule has 0 aliphatic heterocycles. The number of non-ortho nitro benzene ring substituents is 1. The maximum absolute atomic E-state index is 10.5. The SMILES string of the molecule is CCC(C)=CCCC(C)=CCOc1ccc([N+](=O)[O-])cc1. The lowest BCUT2D eigenvalue weighted by molar-refractivity contribution is -0.384. The Labute approximate surface area is 126 Å². The van der Waals surface area contributed by atoms with E-state index in [9.17, 15) is 10.1 Å². The molecule has 0 radical (unpaired) electrons. The minimum atomic E-state index is -0.417. The summed E-state index contributed by atoms with van der Waals surface area (Å²) in [4.78, 5) is 10.1. The fourth-order valence-electron chi connectivity index (χ4n) is 1.74. The molecule has 114 valence electrons. The lowest BCUT2D eigenvalue weighted by atomic mass is 10.1. The van der Waals surface area contributed by atoms with Crippen LogP contribution in [-0.4, -0.2) is 11.5 Å². The van der Waals surface area contributed by atoms with Crippen molar-refractivity contribution in [3.63, 3.8) is 0 Å². The lowest BCUT2D eigenvalue weighted by Gasteiger charge is -2.04. The van der Waals surface area contributed by atoms with E-state index in [0.717, 1.165) is 19.3 Å². The van der Waals surface area contributed by atoms with Gasteiger partial charge in [-0.3, -0.25) is 10.1 Å². The number of nitro benzene ring substituents is 1. The summed E-state index contributed by atoms with van der Waals surface area (Å²) in [6.07, 6.45) is 7.51. The number of allylic oxidation sites excluding steroid dienone is 3. The highest BCUT2D eigenvalue weighted by atomic mass is 16.6. The molecular formula is C17H23NO3. The first kappa shape index (κ1) is 17.0. The van der Waals surface area contributed by atoms with Crippen LogP contribution in [-0.2, 0) is 0 Å². The van der Waals surface area contributed by atoms with E-state index in [1.807, 2.05) is 0 Å². The summed E-state index contributed by atoms with van der Waals surface area (Å²) in [5.74, 6) is 0.645. The largest absolute Gasteiger partial charge is 0.490 e. The van der Waals surface area contributed by atoms with Crippen molar-refractivity contribution in [3.05, 3.63) is 57.7 Å². The molecule has 21 heavy (non-hydrogen) atoms. The van der Waals surface area contributed by atoms with Gasteiger partial charge >= 0.3 is 0 Å². The molecule has 0 heterocycles. The van der Waals surface area contributed by atoms with Gasteiger partial charge < -0.3 is 4.74 Å². The van der Waals surface area contributed by atoms with Crippen LogP contribution in [0.1, 0.15) is 40.0 Å². The average Bonchev–Trinajstić information content (AvgIpc) is 2.47. The number of rotatable bonds is 8. The van der Waals surface area contributed by atoms with Crippen LogP contribution < -0.4 is 4.74 Å². The number of nitrogens with zero attached hydrogens (tertiary/aromatic N) is 1. The summed E-state index contributed by atoms with van der Waals surface area (Å²) in [5, 5.41) is 10.5. The summed E-state index contributed by atoms with van der Waals surface area (Å²) in [7, 11) is 0. The Balaban J connectivity index is 2.37. The molecule has 0 unspecified atom stereocenters. The number of hydrogen-bond donors (Lipinski definition) is 0. The molecule has 0 saturated heterocycles. The highest BCUT2D eigenvalue weighted by Gasteiger charge is 2.03. The molecule has 4 heteroatoms. The van der Waals surface area contributed by atoms with Gasteiger partial charge in [-0.05, 0) is 51.3 Å². The Bertz CT molecular complexity index is 515. The van der Waals surface area contributed by atoms with E-state index >= 15 is 0 Å². The van der Waals surface area contributed by atoms with Crippen molar-refractivity contribution in [2.45, 2.75) is 40.0 Å². The zero-order chi connectivity index (χ0) is 15.7. The highest BCUT2D eigenvalue weighted by Crippen LogP contribution is 2.17. The molecule has 0 spiro atoms. The van der Waals surface area contributed by atoms with E-state index in [4.69, 9.17) is 4.74 Å². The topological polar surface area (TPSA) is 52.4 Å². The second-order valence-electron chi connectivity index (χ2n) is 5.06. The van der Waals surface area contributed by atoms with Crippen LogP contribution in [0.5, 0.6) is 5.75 Å². The fraction of sp³-hybridized carbons (Fsp3) is 0.412. The summed E-state index contributed by atoms with van der Waals surface area (Å²) in [6.45, 7) is 6.89. The quantitative estimate of drug-likeness (QED) is 0.382. The predicted octanol–water partition coefficient (Wildman–Crippen LogP) is 5.06. The first-order valence-electron chi connectivity index (χ1n) is 7.21. The van der Waals surface area contributed by atoms with Crippen LogP contribution in [0.4, 0.5) is 5.69 Å². The van der Waals surface area contributed by atoms with E-state index in [1.54, 1.807) is 12.1 Å². The van der Waals surface area contributed by atoms with Crippen LogP contribution in [0, 0.1) is 10.1 Å². The Morgan fingerprint density at radius 1 is 1.19 bits per heavy atom. The molecule has 1 rings (SSSR count). The summed E-state index contributed by atoms with van der Waals surface area (Å²) < 4.78 is 5.55. The van der Waals surface area contributed by atoms with Crippen LogP contribution >= 0.6 is 0 Å². The van der Waals surface area contributed by atoms with Crippen molar-refractivity contribution < 1.29 is 9.66 Å². The van der Waals surface area contributed by atoms with Crippen LogP contribution in [0.3, 0.4) is 0 Å². The van der Waals surface area contributed by atoms with Gasteiger partial charge in [-0.15, -0.1) is 0 Å². The molecule has 4 nitrogen and oxygen atoms in total. The standard InChI is InChI=1S/C17H23NO3/c1-4-14(2)6-5-7-15(3)12-13-21-17-10-8-16(9-11-17)18(19)20/h6,8-12H,4-5,7,13H2,1-3H3. The molecule has 0 fully saturated rings. The molecule has 0 aliphatic rings. The highest BCUT2D eigenvalue weighted by molar-refractivity contribution is 5.36. The first-order chi connectivity index (χ1) is 10.0. The van der Waals surface area contributed by atoms with Crippen LogP contribution in [0.15, 0.2) is 47.6 Å². The monoisotopic (exact) mass is 289 g/mol.